The number of H-pyrrole nitrogens is 1. The summed E-state index contributed by atoms with van der Waals surface area (Å²) in [5, 5.41) is 0. The number of carbonyl (C=O) groups is 1. The fraction of sp³-hybridized carbons (Fsp3) is 0.167. The zero-order chi connectivity index (χ0) is 21.9. The zero-order valence-electron chi connectivity index (χ0n) is 17.4. The first kappa shape index (κ1) is 19.7. The highest BCUT2D eigenvalue weighted by Crippen LogP contribution is 2.27. The molecule has 8 nitrogen and oxygen atoms in total. The van der Waals surface area contributed by atoms with E-state index in [1.54, 1.807) is 11.1 Å². The molecule has 4 aromatic rings. The number of rotatable bonds is 5. The van der Waals surface area contributed by atoms with Crippen molar-refractivity contribution in [3.05, 3.63) is 72.6 Å². The lowest BCUT2D eigenvalue weighted by molar-refractivity contribution is -0.132. The molecule has 0 aliphatic carbocycles. The number of para-hydroxylation sites is 3. The number of nitrogens with zero attached hydrogens (tertiary/aromatic N) is 4. The van der Waals surface area contributed by atoms with Crippen LogP contribution in [0.5, 0.6) is 5.75 Å². The van der Waals surface area contributed by atoms with Crippen molar-refractivity contribution in [1.82, 2.24) is 24.8 Å². The van der Waals surface area contributed by atoms with E-state index < -0.39 is 0 Å². The average molecular weight is 431 g/mol. The minimum absolute atomic E-state index is 0. The first-order valence-electron chi connectivity index (χ1n) is 10.4. The lowest BCUT2D eigenvalue weighted by Crippen LogP contribution is -2.37. The van der Waals surface area contributed by atoms with E-state index >= 15 is 0 Å². The molecule has 0 bridgehead atoms. The maximum atomic E-state index is 12.5. The van der Waals surface area contributed by atoms with Gasteiger partial charge in [-0.05, 0) is 36.3 Å². The maximum Gasteiger partial charge on any atom is 0.260 e. The van der Waals surface area contributed by atoms with Crippen molar-refractivity contribution < 1.29 is 12.4 Å². The molecule has 0 saturated carbocycles. The minimum atomic E-state index is -0.0458. The van der Waals surface area contributed by atoms with Crippen LogP contribution in [0.1, 0.15) is 15.0 Å². The van der Waals surface area contributed by atoms with E-state index in [2.05, 4.69) is 15.0 Å². The summed E-state index contributed by atoms with van der Waals surface area (Å²) in [7, 11) is 0. The standard InChI is InChI=1S/C24H22N6O2.2H2/c25-23-22(24-28-18-8-4-5-9-19(18)29-24)27-20(14-26-23)16-10-12-30(13-11-16)21(31)15-32-17-6-2-1-3-7-17;;/h1-10,14H,11-13,15H2,(H2,25,26)(H,28,29);2*1H. The summed E-state index contributed by atoms with van der Waals surface area (Å²) in [5.74, 6) is 1.54. The summed E-state index contributed by atoms with van der Waals surface area (Å²) < 4.78 is 5.58. The van der Waals surface area contributed by atoms with Crippen molar-refractivity contribution >= 4 is 28.3 Å². The van der Waals surface area contributed by atoms with Gasteiger partial charge in [0.2, 0.25) is 0 Å². The third kappa shape index (κ3) is 4.02. The number of anilines is 1. The maximum absolute atomic E-state index is 12.5. The second kappa shape index (κ2) is 8.50. The molecule has 0 saturated heterocycles. The van der Waals surface area contributed by atoms with Gasteiger partial charge in [-0.1, -0.05) is 36.4 Å². The Labute approximate surface area is 187 Å². The zero-order valence-corrected chi connectivity index (χ0v) is 17.4. The van der Waals surface area contributed by atoms with Gasteiger partial charge in [0, 0.05) is 15.9 Å². The van der Waals surface area contributed by atoms with Gasteiger partial charge < -0.3 is 20.4 Å². The van der Waals surface area contributed by atoms with Crippen LogP contribution >= 0.6 is 0 Å². The summed E-state index contributed by atoms with van der Waals surface area (Å²) in [4.78, 5) is 31.2. The second-order valence-electron chi connectivity index (χ2n) is 7.51. The molecule has 5 rings (SSSR count). The Morgan fingerprint density at radius 2 is 1.94 bits per heavy atom. The molecule has 1 aliphatic heterocycles. The number of benzene rings is 2. The van der Waals surface area contributed by atoms with Gasteiger partial charge in [0.05, 0.1) is 22.9 Å². The van der Waals surface area contributed by atoms with Crippen LogP contribution in [0.3, 0.4) is 0 Å². The Hall–Kier alpha value is -4.20. The number of imidazole rings is 1. The number of nitrogens with two attached hydrogens (primary N) is 1. The molecule has 3 heterocycles. The normalized spacial score (nSPS) is 13.8. The molecule has 0 spiro atoms. The lowest BCUT2D eigenvalue weighted by atomic mass is 10.0. The molecule has 8 heteroatoms. The van der Waals surface area contributed by atoms with Crippen LogP contribution in [0.25, 0.3) is 28.1 Å². The smallest absolute Gasteiger partial charge is 0.260 e. The van der Waals surface area contributed by atoms with E-state index in [1.165, 1.54) is 0 Å². The van der Waals surface area contributed by atoms with Crippen LogP contribution in [-0.4, -0.2) is 50.4 Å². The quantitative estimate of drug-likeness (QED) is 0.498. The molecule has 2 aromatic heterocycles. The Morgan fingerprint density at radius 3 is 2.72 bits per heavy atom. The van der Waals surface area contributed by atoms with Crippen LogP contribution in [0.4, 0.5) is 5.82 Å². The predicted molar refractivity (Wildman–Crippen MR) is 127 cm³/mol. The van der Waals surface area contributed by atoms with Crippen LogP contribution in [0.2, 0.25) is 0 Å². The highest BCUT2D eigenvalue weighted by atomic mass is 16.5. The molecular formula is C24H26N6O2. The average Bonchev–Trinajstić information content (AvgIpc) is 3.28. The SMILES string of the molecule is Nc1ncc(C2=CCN(C(=O)COc3ccccc3)CC2)nc1-c1nc2ccccc2[nH]1.[HH].[HH]. The molecule has 1 amide bonds. The monoisotopic (exact) mass is 430 g/mol. The molecule has 1 aliphatic rings. The molecule has 2 aromatic carbocycles. The first-order chi connectivity index (χ1) is 15.7. The number of aromatic amines is 1. The molecule has 0 unspecified atom stereocenters. The van der Waals surface area contributed by atoms with E-state index in [-0.39, 0.29) is 15.4 Å². The summed E-state index contributed by atoms with van der Waals surface area (Å²) in [6.45, 7) is 1.11. The minimum Gasteiger partial charge on any atom is -0.484 e. The fourth-order valence-corrected chi connectivity index (χ4v) is 3.67. The van der Waals surface area contributed by atoms with E-state index in [9.17, 15) is 4.79 Å². The van der Waals surface area contributed by atoms with Crippen molar-refractivity contribution in [2.45, 2.75) is 6.42 Å². The van der Waals surface area contributed by atoms with Gasteiger partial charge in [-0.2, -0.15) is 0 Å². The summed E-state index contributed by atoms with van der Waals surface area (Å²) in [5.41, 5.74) is 10.1. The van der Waals surface area contributed by atoms with Gasteiger partial charge in [-0.15, -0.1) is 0 Å². The fourth-order valence-electron chi connectivity index (χ4n) is 3.67. The van der Waals surface area contributed by atoms with Gasteiger partial charge in [-0.3, -0.25) is 4.79 Å². The summed E-state index contributed by atoms with van der Waals surface area (Å²) >= 11 is 0. The number of hydrogen-bond acceptors (Lipinski definition) is 6. The van der Waals surface area contributed by atoms with Gasteiger partial charge in [0.15, 0.2) is 18.2 Å². The molecule has 0 atom stereocenters. The molecule has 32 heavy (non-hydrogen) atoms. The number of nitrogen functional groups attached to an aromatic ring is 1. The van der Waals surface area contributed by atoms with E-state index in [0.717, 1.165) is 22.3 Å². The Morgan fingerprint density at radius 1 is 1.12 bits per heavy atom. The van der Waals surface area contributed by atoms with Crippen molar-refractivity contribution in [2.24, 2.45) is 0 Å². The number of hydrogen-bond donors (Lipinski definition) is 2. The molecule has 164 valence electrons. The van der Waals surface area contributed by atoms with Gasteiger partial charge in [0.1, 0.15) is 11.4 Å². The third-order valence-electron chi connectivity index (χ3n) is 5.41. The number of aromatic nitrogens is 4. The van der Waals surface area contributed by atoms with E-state index in [0.29, 0.717) is 42.6 Å². The highest BCUT2D eigenvalue weighted by molar-refractivity contribution is 5.81. The summed E-state index contributed by atoms with van der Waals surface area (Å²) in [6, 6.07) is 17.1. The van der Waals surface area contributed by atoms with E-state index in [1.807, 2.05) is 60.7 Å². The van der Waals surface area contributed by atoms with Crippen molar-refractivity contribution in [1.29, 1.82) is 0 Å². The largest absolute Gasteiger partial charge is 0.484 e. The Bertz CT molecular complexity index is 1280. The van der Waals surface area contributed by atoms with Crippen molar-refractivity contribution in [3.63, 3.8) is 0 Å². The van der Waals surface area contributed by atoms with E-state index in [4.69, 9.17) is 15.5 Å². The number of nitrogens with one attached hydrogen (secondary N) is 1. The van der Waals surface area contributed by atoms with Gasteiger partial charge >= 0.3 is 0 Å². The molecule has 0 fully saturated rings. The first-order valence-corrected chi connectivity index (χ1v) is 10.4. The number of ether oxygens (including phenoxy) is 1. The molecule has 0 radical (unpaired) electrons. The third-order valence-corrected chi connectivity index (χ3v) is 5.41. The predicted octanol–water partition coefficient (Wildman–Crippen LogP) is 3.79. The van der Waals surface area contributed by atoms with Gasteiger partial charge in [-0.25, -0.2) is 15.0 Å². The van der Waals surface area contributed by atoms with Crippen LogP contribution in [0, 0.1) is 0 Å². The Kier molecular flexibility index (Phi) is 5.25. The topological polar surface area (TPSA) is 110 Å². The number of fused-ring (bicyclic) bond motifs is 1. The van der Waals surface area contributed by atoms with Crippen LogP contribution < -0.4 is 10.5 Å². The van der Waals surface area contributed by atoms with Crippen LogP contribution in [0.15, 0.2) is 66.9 Å². The van der Waals surface area contributed by atoms with Crippen molar-refractivity contribution in [3.8, 4) is 17.3 Å². The summed E-state index contributed by atoms with van der Waals surface area (Å²) in [6.07, 6.45) is 4.35. The van der Waals surface area contributed by atoms with Crippen molar-refractivity contribution in [2.75, 3.05) is 25.4 Å². The molecular weight excluding hydrogens is 404 g/mol. The molecule has 3 N–H and O–H groups in total. The van der Waals surface area contributed by atoms with Gasteiger partial charge in [0.25, 0.3) is 5.91 Å². The number of amides is 1. The highest BCUT2D eigenvalue weighted by Gasteiger charge is 2.20. The second-order valence-corrected chi connectivity index (χ2v) is 7.51. The Balaban J connectivity index is 0.00000162. The lowest BCUT2D eigenvalue weighted by Gasteiger charge is -2.26. The van der Waals surface area contributed by atoms with Crippen LogP contribution in [-0.2, 0) is 4.79 Å². The number of carbonyl (C=O) groups excluding carboxylic acids is 1.